The van der Waals surface area contributed by atoms with Crippen LogP contribution in [-0.4, -0.2) is 33.2 Å². The number of carbonyl (C=O) groups excluding carboxylic acids is 1. The van der Waals surface area contributed by atoms with Gasteiger partial charge in [-0.15, -0.1) is 0 Å². The lowest BCUT2D eigenvalue weighted by Crippen LogP contribution is -2.41. The molecule has 2 aromatic carbocycles. The smallest absolute Gasteiger partial charge is 0.242 e. The SMILES string of the molecule is O=C(CS(=O)(=O)Cc1cccc(Br)c1)N1CCOc2ccccc21. The minimum atomic E-state index is -3.56. The molecule has 1 aliphatic rings. The number of nitrogens with zero attached hydrogens (tertiary/aromatic N) is 1. The van der Waals surface area contributed by atoms with E-state index in [0.717, 1.165) is 4.47 Å². The normalized spacial score (nSPS) is 14.0. The van der Waals surface area contributed by atoms with E-state index in [9.17, 15) is 13.2 Å². The van der Waals surface area contributed by atoms with Gasteiger partial charge in [0.15, 0.2) is 9.84 Å². The van der Waals surface area contributed by atoms with Gasteiger partial charge < -0.3 is 9.64 Å². The van der Waals surface area contributed by atoms with Crippen LogP contribution in [0.1, 0.15) is 5.56 Å². The van der Waals surface area contributed by atoms with Crippen molar-refractivity contribution in [3.05, 3.63) is 58.6 Å². The van der Waals surface area contributed by atoms with Crippen molar-refractivity contribution in [2.75, 3.05) is 23.8 Å². The fraction of sp³-hybridized carbons (Fsp3) is 0.235. The molecule has 0 radical (unpaired) electrons. The van der Waals surface area contributed by atoms with Crippen LogP contribution in [0.4, 0.5) is 5.69 Å². The van der Waals surface area contributed by atoms with Gasteiger partial charge in [0, 0.05) is 4.47 Å². The summed E-state index contributed by atoms with van der Waals surface area (Å²) in [6.07, 6.45) is 0. The van der Waals surface area contributed by atoms with E-state index in [1.165, 1.54) is 4.90 Å². The average Bonchev–Trinajstić information content (AvgIpc) is 2.53. The van der Waals surface area contributed by atoms with Crippen LogP contribution in [0, 0.1) is 0 Å². The molecule has 24 heavy (non-hydrogen) atoms. The molecular formula is C17H16BrNO4S. The Morgan fingerprint density at radius 1 is 1.17 bits per heavy atom. The van der Waals surface area contributed by atoms with E-state index in [0.29, 0.717) is 30.2 Å². The van der Waals surface area contributed by atoms with E-state index in [4.69, 9.17) is 4.74 Å². The van der Waals surface area contributed by atoms with Crippen molar-refractivity contribution in [3.63, 3.8) is 0 Å². The first-order chi connectivity index (χ1) is 11.4. The zero-order chi connectivity index (χ0) is 17.2. The number of fused-ring (bicyclic) bond motifs is 1. The first-order valence-electron chi connectivity index (χ1n) is 7.42. The maximum absolute atomic E-state index is 12.5. The Labute approximate surface area is 149 Å². The van der Waals surface area contributed by atoms with Gasteiger partial charge in [0.05, 0.1) is 18.0 Å². The predicted molar refractivity (Wildman–Crippen MR) is 95.9 cm³/mol. The summed E-state index contributed by atoms with van der Waals surface area (Å²) in [5.74, 6) is -0.514. The Morgan fingerprint density at radius 3 is 2.75 bits per heavy atom. The van der Waals surface area contributed by atoms with Crippen LogP contribution >= 0.6 is 15.9 Å². The number of para-hydroxylation sites is 2. The van der Waals surface area contributed by atoms with Crippen LogP contribution in [0.3, 0.4) is 0 Å². The molecule has 3 rings (SSSR count). The van der Waals surface area contributed by atoms with Gasteiger partial charge in [-0.2, -0.15) is 0 Å². The lowest BCUT2D eigenvalue weighted by Gasteiger charge is -2.29. The summed E-state index contributed by atoms with van der Waals surface area (Å²) in [6, 6.07) is 14.2. The van der Waals surface area contributed by atoms with Gasteiger partial charge in [0.1, 0.15) is 18.1 Å². The maximum atomic E-state index is 12.5. The molecule has 0 aromatic heterocycles. The summed E-state index contributed by atoms with van der Waals surface area (Å²) in [5.41, 5.74) is 1.27. The largest absolute Gasteiger partial charge is 0.490 e. The molecule has 0 saturated heterocycles. The topological polar surface area (TPSA) is 63.7 Å². The zero-order valence-electron chi connectivity index (χ0n) is 12.8. The molecule has 1 heterocycles. The van der Waals surface area contributed by atoms with Crippen molar-refractivity contribution in [1.82, 2.24) is 0 Å². The molecule has 7 heteroatoms. The van der Waals surface area contributed by atoms with E-state index in [-0.39, 0.29) is 5.75 Å². The Kier molecular flexibility index (Phi) is 4.91. The molecule has 0 saturated carbocycles. The third-order valence-electron chi connectivity index (χ3n) is 3.65. The van der Waals surface area contributed by atoms with Gasteiger partial charge >= 0.3 is 0 Å². The monoisotopic (exact) mass is 409 g/mol. The van der Waals surface area contributed by atoms with Gasteiger partial charge in [-0.05, 0) is 29.8 Å². The van der Waals surface area contributed by atoms with Crippen molar-refractivity contribution in [2.24, 2.45) is 0 Å². The molecule has 0 atom stereocenters. The molecule has 2 aromatic rings. The summed E-state index contributed by atoms with van der Waals surface area (Å²) in [5, 5.41) is 0. The van der Waals surface area contributed by atoms with Gasteiger partial charge in [-0.1, -0.05) is 40.2 Å². The van der Waals surface area contributed by atoms with Gasteiger partial charge in [0.25, 0.3) is 0 Å². The highest BCUT2D eigenvalue weighted by atomic mass is 79.9. The molecule has 5 nitrogen and oxygen atoms in total. The molecule has 0 N–H and O–H groups in total. The van der Waals surface area contributed by atoms with Gasteiger partial charge in [-0.25, -0.2) is 8.42 Å². The van der Waals surface area contributed by atoms with Crippen LogP contribution in [0.5, 0.6) is 5.75 Å². The van der Waals surface area contributed by atoms with Crippen molar-refractivity contribution in [1.29, 1.82) is 0 Å². The predicted octanol–water partition coefficient (Wildman–Crippen LogP) is 2.79. The first-order valence-corrected chi connectivity index (χ1v) is 10.0. The maximum Gasteiger partial charge on any atom is 0.242 e. The van der Waals surface area contributed by atoms with Gasteiger partial charge in [0.2, 0.25) is 5.91 Å². The number of hydrogen-bond donors (Lipinski definition) is 0. The minimum Gasteiger partial charge on any atom is -0.490 e. The summed E-state index contributed by atoms with van der Waals surface area (Å²) >= 11 is 3.32. The highest BCUT2D eigenvalue weighted by Gasteiger charge is 2.27. The molecular weight excluding hydrogens is 394 g/mol. The Morgan fingerprint density at radius 2 is 1.96 bits per heavy atom. The highest BCUT2D eigenvalue weighted by molar-refractivity contribution is 9.10. The Hall–Kier alpha value is -1.86. The second-order valence-corrected chi connectivity index (χ2v) is 8.50. The number of hydrogen-bond acceptors (Lipinski definition) is 4. The van der Waals surface area contributed by atoms with Crippen molar-refractivity contribution < 1.29 is 17.9 Å². The number of sulfone groups is 1. The molecule has 0 spiro atoms. The number of benzene rings is 2. The number of ether oxygens (including phenoxy) is 1. The fourth-order valence-corrected chi connectivity index (χ4v) is 4.39. The van der Waals surface area contributed by atoms with E-state index >= 15 is 0 Å². The van der Waals surface area contributed by atoms with Crippen LogP contribution < -0.4 is 9.64 Å². The van der Waals surface area contributed by atoms with E-state index < -0.39 is 21.5 Å². The minimum absolute atomic E-state index is 0.163. The van der Waals surface area contributed by atoms with E-state index in [2.05, 4.69) is 15.9 Å². The molecule has 1 amide bonds. The number of rotatable bonds is 4. The van der Waals surface area contributed by atoms with Gasteiger partial charge in [-0.3, -0.25) is 4.79 Å². The lowest BCUT2D eigenvalue weighted by atomic mass is 10.2. The highest BCUT2D eigenvalue weighted by Crippen LogP contribution is 2.31. The van der Waals surface area contributed by atoms with E-state index in [1.54, 1.807) is 36.4 Å². The van der Waals surface area contributed by atoms with Crippen LogP contribution in [-0.2, 0) is 20.4 Å². The number of carbonyl (C=O) groups is 1. The number of amides is 1. The Balaban J connectivity index is 1.75. The number of halogens is 1. The zero-order valence-corrected chi connectivity index (χ0v) is 15.2. The van der Waals surface area contributed by atoms with Crippen LogP contribution in [0.25, 0.3) is 0 Å². The molecule has 0 aliphatic carbocycles. The van der Waals surface area contributed by atoms with E-state index in [1.807, 2.05) is 12.1 Å². The first kappa shape index (κ1) is 17.0. The molecule has 1 aliphatic heterocycles. The summed E-state index contributed by atoms with van der Waals surface area (Å²) in [6.45, 7) is 0.705. The molecule has 0 bridgehead atoms. The summed E-state index contributed by atoms with van der Waals surface area (Å²) in [4.78, 5) is 14.0. The summed E-state index contributed by atoms with van der Waals surface area (Å²) < 4.78 is 31.1. The lowest BCUT2D eigenvalue weighted by molar-refractivity contribution is -0.116. The fourth-order valence-electron chi connectivity index (χ4n) is 2.63. The van der Waals surface area contributed by atoms with Crippen molar-refractivity contribution in [3.8, 4) is 5.75 Å². The quantitative estimate of drug-likeness (QED) is 0.778. The second-order valence-electron chi connectivity index (χ2n) is 5.52. The molecule has 0 fully saturated rings. The standard InChI is InChI=1S/C17H16BrNO4S/c18-14-5-3-4-13(10-14)11-24(21,22)12-17(20)19-8-9-23-16-7-2-1-6-15(16)19/h1-7,10H,8-9,11-12H2. The molecule has 0 unspecified atom stereocenters. The second kappa shape index (κ2) is 6.94. The van der Waals surface area contributed by atoms with Crippen LogP contribution in [0.2, 0.25) is 0 Å². The van der Waals surface area contributed by atoms with Crippen molar-refractivity contribution in [2.45, 2.75) is 5.75 Å². The number of anilines is 1. The molecule has 126 valence electrons. The van der Waals surface area contributed by atoms with Crippen LogP contribution in [0.15, 0.2) is 53.0 Å². The average molecular weight is 410 g/mol. The third-order valence-corrected chi connectivity index (χ3v) is 5.60. The third kappa shape index (κ3) is 3.96. The Bertz CT molecular complexity index is 866. The summed E-state index contributed by atoms with van der Waals surface area (Å²) in [7, 11) is -3.56. The van der Waals surface area contributed by atoms with Crippen molar-refractivity contribution >= 4 is 37.4 Å².